The smallest absolute Gasteiger partial charge is 0.235 e. The number of rotatable bonds is 7. The van der Waals surface area contributed by atoms with Crippen LogP contribution < -0.4 is 14.8 Å². The molecule has 29 heavy (non-hydrogen) atoms. The lowest BCUT2D eigenvalue weighted by Crippen LogP contribution is -2.38. The lowest BCUT2D eigenvalue weighted by molar-refractivity contribution is -0.121. The SMILES string of the molecule is CCS(=O)(=O)Nc1ccc(NC(=O)C2(c3ccc(F)cc3)CCCC2)cc1OC. The number of hydrogen-bond acceptors (Lipinski definition) is 4. The molecule has 0 bridgehead atoms. The van der Waals surface area contributed by atoms with Gasteiger partial charge in [-0.05, 0) is 49.6 Å². The third-order valence-corrected chi connectivity index (χ3v) is 6.68. The van der Waals surface area contributed by atoms with E-state index < -0.39 is 15.4 Å². The summed E-state index contributed by atoms with van der Waals surface area (Å²) in [5, 5.41) is 2.93. The van der Waals surface area contributed by atoms with Gasteiger partial charge in [-0.3, -0.25) is 9.52 Å². The molecule has 6 nitrogen and oxygen atoms in total. The zero-order chi connectivity index (χ0) is 21.1. The van der Waals surface area contributed by atoms with Crippen molar-refractivity contribution in [2.24, 2.45) is 0 Å². The average molecular weight is 421 g/mol. The molecule has 3 rings (SSSR count). The van der Waals surface area contributed by atoms with Crippen molar-refractivity contribution in [1.82, 2.24) is 0 Å². The Bertz CT molecular complexity index is 984. The minimum Gasteiger partial charge on any atom is -0.494 e. The topological polar surface area (TPSA) is 84.5 Å². The van der Waals surface area contributed by atoms with Crippen LogP contribution in [0.3, 0.4) is 0 Å². The first-order chi connectivity index (χ1) is 13.8. The van der Waals surface area contributed by atoms with Crippen LogP contribution in [-0.2, 0) is 20.2 Å². The van der Waals surface area contributed by atoms with Gasteiger partial charge in [0, 0.05) is 11.8 Å². The number of carbonyl (C=O) groups is 1. The first-order valence-electron chi connectivity index (χ1n) is 9.56. The normalized spacial score (nSPS) is 15.7. The first kappa shape index (κ1) is 21.1. The van der Waals surface area contributed by atoms with Gasteiger partial charge < -0.3 is 10.1 Å². The molecule has 1 amide bonds. The number of carbonyl (C=O) groups excluding carboxylic acids is 1. The predicted molar refractivity (Wildman–Crippen MR) is 111 cm³/mol. The van der Waals surface area contributed by atoms with Crippen molar-refractivity contribution < 1.29 is 22.3 Å². The van der Waals surface area contributed by atoms with Gasteiger partial charge in [0.2, 0.25) is 15.9 Å². The summed E-state index contributed by atoms with van der Waals surface area (Å²) in [6.45, 7) is 1.54. The van der Waals surface area contributed by atoms with E-state index in [0.717, 1.165) is 18.4 Å². The van der Waals surface area contributed by atoms with E-state index in [4.69, 9.17) is 4.74 Å². The molecule has 2 aromatic carbocycles. The van der Waals surface area contributed by atoms with E-state index in [2.05, 4.69) is 10.0 Å². The lowest BCUT2D eigenvalue weighted by Gasteiger charge is -2.28. The number of amides is 1. The van der Waals surface area contributed by atoms with Crippen LogP contribution in [-0.4, -0.2) is 27.2 Å². The van der Waals surface area contributed by atoms with Crippen molar-refractivity contribution in [3.05, 3.63) is 53.8 Å². The minimum atomic E-state index is -3.45. The van der Waals surface area contributed by atoms with Gasteiger partial charge >= 0.3 is 0 Å². The summed E-state index contributed by atoms with van der Waals surface area (Å²) < 4.78 is 44.8. The molecule has 8 heteroatoms. The Labute approximate surface area is 170 Å². The van der Waals surface area contributed by atoms with E-state index in [1.807, 2.05) is 0 Å². The average Bonchev–Trinajstić information content (AvgIpc) is 3.20. The molecule has 2 aromatic rings. The van der Waals surface area contributed by atoms with Gasteiger partial charge in [-0.25, -0.2) is 12.8 Å². The molecule has 1 saturated carbocycles. The van der Waals surface area contributed by atoms with Crippen molar-refractivity contribution in [3.63, 3.8) is 0 Å². The molecule has 0 aliphatic heterocycles. The number of ether oxygens (including phenoxy) is 1. The minimum absolute atomic E-state index is 0.0607. The Hall–Kier alpha value is -2.61. The molecule has 1 aliphatic rings. The number of halogens is 1. The van der Waals surface area contributed by atoms with Gasteiger partial charge in [0.25, 0.3) is 0 Å². The Morgan fingerprint density at radius 2 is 1.79 bits per heavy atom. The van der Waals surface area contributed by atoms with Crippen molar-refractivity contribution in [1.29, 1.82) is 0 Å². The van der Waals surface area contributed by atoms with E-state index in [-0.39, 0.29) is 17.5 Å². The molecule has 1 fully saturated rings. The van der Waals surface area contributed by atoms with Crippen LogP contribution in [0.25, 0.3) is 0 Å². The second-order valence-corrected chi connectivity index (χ2v) is 9.18. The van der Waals surface area contributed by atoms with Crippen LogP contribution in [0.15, 0.2) is 42.5 Å². The summed E-state index contributed by atoms with van der Waals surface area (Å²) in [5.74, 6) is -0.251. The van der Waals surface area contributed by atoms with Gasteiger partial charge in [0.15, 0.2) is 0 Å². The molecular formula is C21H25FN2O4S. The maximum atomic E-state index is 13.3. The summed E-state index contributed by atoms with van der Waals surface area (Å²) in [6, 6.07) is 10.9. The van der Waals surface area contributed by atoms with Crippen LogP contribution in [0.5, 0.6) is 5.75 Å². The molecule has 0 aromatic heterocycles. The highest BCUT2D eigenvalue weighted by molar-refractivity contribution is 7.92. The summed E-state index contributed by atoms with van der Waals surface area (Å²) in [6.07, 6.45) is 3.23. The molecular weight excluding hydrogens is 395 g/mol. The van der Waals surface area contributed by atoms with Crippen molar-refractivity contribution in [2.45, 2.75) is 38.0 Å². The maximum Gasteiger partial charge on any atom is 0.235 e. The van der Waals surface area contributed by atoms with Gasteiger partial charge in [0.05, 0.1) is 24.0 Å². The van der Waals surface area contributed by atoms with E-state index in [1.54, 1.807) is 37.3 Å². The van der Waals surface area contributed by atoms with Gasteiger partial charge in [-0.15, -0.1) is 0 Å². The highest BCUT2D eigenvalue weighted by Gasteiger charge is 2.42. The van der Waals surface area contributed by atoms with Crippen LogP contribution in [0.4, 0.5) is 15.8 Å². The third-order valence-electron chi connectivity index (χ3n) is 5.39. The number of nitrogens with one attached hydrogen (secondary N) is 2. The number of sulfonamides is 1. The first-order valence-corrected chi connectivity index (χ1v) is 11.2. The maximum absolute atomic E-state index is 13.3. The second kappa shape index (κ2) is 8.41. The number of methoxy groups -OCH3 is 1. The fourth-order valence-electron chi connectivity index (χ4n) is 3.74. The molecule has 1 aliphatic carbocycles. The molecule has 0 unspecified atom stereocenters. The quantitative estimate of drug-likeness (QED) is 0.708. The van der Waals surface area contributed by atoms with Crippen molar-refractivity contribution in [2.75, 3.05) is 22.9 Å². The Balaban J connectivity index is 1.86. The molecule has 0 atom stereocenters. The third kappa shape index (κ3) is 4.53. The summed E-state index contributed by atoms with van der Waals surface area (Å²) in [4.78, 5) is 13.2. The standard InChI is InChI=1S/C21H25FN2O4S/c1-3-29(26,27)24-18-11-10-17(14-19(18)28-2)23-20(25)21(12-4-5-13-21)15-6-8-16(22)9-7-15/h6-11,14,24H,3-5,12-13H2,1-2H3,(H,23,25). The summed E-state index contributed by atoms with van der Waals surface area (Å²) in [7, 11) is -2.02. The van der Waals surface area contributed by atoms with Crippen LogP contribution in [0.1, 0.15) is 38.2 Å². The molecule has 0 saturated heterocycles. The monoisotopic (exact) mass is 420 g/mol. The highest BCUT2D eigenvalue weighted by Crippen LogP contribution is 2.42. The van der Waals surface area contributed by atoms with Crippen LogP contribution in [0, 0.1) is 5.82 Å². The van der Waals surface area contributed by atoms with Gasteiger partial charge in [-0.2, -0.15) is 0 Å². The molecule has 0 heterocycles. The van der Waals surface area contributed by atoms with Gasteiger partial charge in [0.1, 0.15) is 11.6 Å². The van der Waals surface area contributed by atoms with Crippen LogP contribution >= 0.6 is 0 Å². The Kier molecular flexibility index (Phi) is 6.12. The van der Waals surface area contributed by atoms with E-state index >= 15 is 0 Å². The fourth-order valence-corrected chi connectivity index (χ4v) is 4.39. The lowest BCUT2D eigenvalue weighted by atomic mass is 9.78. The second-order valence-electron chi connectivity index (χ2n) is 7.17. The Morgan fingerprint density at radius 1 is 1.14 bits per heavy atom. The van der Waals surface area contributed by atoms with E-state index in [0.29, 0.717) is 30.0 Å². The predicted octanol–water partition coefficient (Wildman–Crippen LogP) is 4.05. The number of anilines is 2. The van der Waals surface area contributed by atoms with Crippen LogP contribution in [0.2, 0.25) is 0 Å². The van der Waals surface area contributed by atoms with Crippen molar-refractivity contribution in [3.8, 4) is 5.75 Å². The molecule has 156 valence electrons. The van der Waals surface area contributed by atoms with E-state index in [1.165, 1.54) is 19.2 Å². The summed E-state index contributed by atoms with van der Waals surface area (Å²) in [5.41, 5.74) is 0.901. The molecule has 2 N–H and O–H groups in total. The fraction of sp³-hybridized carbons (Fsp3) is 0.381. The zero-order valence-corrected chi connectivity index (χ0v) is 17.3. The largest absolute Gasteiger partial charge is 0.494 e. The number of hydrogen-bond donors (Lipinski definition) is 2. The Morgan fingerprint density at radius 3 is 2.38 bits per heavy atom. The van der Waals surface area contributed by atoms with E-state index in [9.17, 15) is 17.6 Å². The zero-order valence-electron chi connectivity index (χ0n) is 16.5. The van der Waals surface area contributed by atoms with Gasteiger partial charge in [-0.1, -0.05) is 25.0 Å². The highest BCUT2D eigenvalue weighted by atomic mass is 32.2. The summed E-state index contributed by atoms with van der Waals surface area (Å²) >= 11 is 0. The number of benzene rings is 2. The molecule has 0 spiro atoms. The molecule has 0 radical (unpaired) electrons. The van der Waals surface area contributed by atoms with Crippen molar-refractivity contribution >= 4 is 27.3 Å².